The highest BCUT2D eigenvalue weighted by Crippen LogP contribution is 2.67. The summed E-state index contributed by atoms with van der Waals surface area (Å²) in [6.07, 6.45) is 2.33. The Balaban J connectivity index is 1.71. The summed E-state index contributed by atoms with van der Waals surface area (Å²) in [5.74, 6) is 0.911. The highest BCUT2D eigenvalue weighted by molar-refractivity contribution is 7.96. The number of para-hydroxylation sites is 1. The summed E-state index contributed by atoms with van der Waals surface area (Å²) in [4.78, 5) is 0. The molecule has 1 atom stereocenters. The SMILES string of the molecule is Cc1cc2c(c(C(C)(C)C)c1)OC1[N+](=C2)c2ccccc2[P+]1(c1ccccc1)c1ccccc1. The van der Waals surface area contributed by atoms with Crippen molar-refractivity contribution in [3.8, 4) is 5.75 Å². The molecule has 1 unspecified atom stereocenters. The van der Waals surface area contributed by atoms with Gasteiger partial charge in [0, 0.05) is 11.6 Å². The van der Waals surface area contributed by atoms with E-state index in [4.69, 9.17) is 4.74 Å². The van der Waals surface area contributed by atoms with E-state index in [0.29, 0.717) is 0 Å². The van der Waals surface area contributed by atoms with Gasteiger partial charge in [-0.05, 0) is 54.3 Å². The Morgan fingerprint density at radius 1 is 0.765 bits per heavy atom. The molecule has 0 aromatic heterocycles. The van der Waals surface area contributed by atoms with E-state index in [0.717, 1.165) is 11.3 Å². The van der Waals surface area contributed by atoms with Crippen LogP contribution in [0.25, 0.3) is 0 Å². The minimum atomic E-state index is -2.14. The van der Waals surface area contributed by atoms with E-state index < -0.39 is 7.26 Å². The van der Waals surface area contributed by atoms with Gasteiger partial charge in [-0.15, -0.1) is 4.58 Å². The van der Waals surface area contributed by atoms with E-state index in [-0.39, 0.29) is 11.4 Å². The van der Waals surface area contributed by atoms with Crippen LogP contribution in [-0.2, 0) is 5.41 Å². The van der Waals surface area contributed by atoms with Gasteiger partial charge in [-0.2, -0.15) is 0 Å². The van der Waals surface area contributed by atoms with E-state index >= 15 is 0 Å². The molecule has 0 saturated heterocycles. The molecule has 4 aromatic rings. The van der Waals surface area contributed by atoms with Crippen molar-refractivity contribution in [1.82, 2.24) is 0 Å². The largest absolute Gasteiger partial charge is 0.419 e. The van der Waals surface area contributed by atoms with Gasteiger partial charge in [-0.3, -0.25) is 0 Å². The van der Waals surface area contributed by atoms with Gasteiger partial charge >= 0.3 is 5.97 Å². The molecule has 0 spiro atoms. The fraction of sp³-hybridized carbons (Fsp3) is 0.194. The standard InChI is InChI=1S/C31H30NOP/c1-22-19-23-21-32-27-17-11-12-18-28(27)34(24-13-7-5-8-14-24,25-15-9-6-10-16-25)30(32)33-29(23)26(20-22)31(2,3)4/h5-21,30H,1-4H3/q+2. The molecule has 0 fully saturated rings. The summed E-state index contributed by atoms with van der Waals surface area (Å²) in [5.41, 5.74) is 4.93. The molecule has 2 aliphatic heterocycles. The molecule has 0 aliphatic carbocycles. The Labute approximate surface area is 202 Å². The van der Waals surface area contributed by atoms with Gasteiger partial charge in [-0.25, -0.2) is 0 Å². The van der Waals surface area contributed by atoms with Crippen LogP contribution in [0.15, 0.2) is 97.1 Å². The molecule has 168 valence electrons. The summed E-state index contributed by atoms with van der Waals surface area (Å²) in [5, 5.41) is 4.08. The molecular formula is C31H30NOP+2. The van der Waals surface area contributed by atoms with Gasteiger partial charge in [0.1, 0.15) is 16.4 Å². The predicted molar refractivity (Wildman–Crippen MR) is 145 cm³/mol. The molecule has 3 heteroatoms. The van der Waals surface area contributed by atoms with Gasteiger partial charge in [0.2, 0.25) is 7.26 Å². The fourth-order valence-electron chi connectivity index (χ4n) is 5.52. The molecule has 2 heterocycles. The van der Waals surface area contributed by atoms with Crippen LogP contribution in [-0.4, -0.2) is 16.8 Å². The second kappa shape index (κ2) is 7.65. The molecule has 6 rings (SSSR count). The number of ether oxygens (including phenoxy) is 1. The van der Waals surface area contributed by atoms with Crippen molar-refractivity contribution in [3.05, 3.63) is 114 Å². The molecule has 4 aromatic carbocycles. The maximum atomic E-state index is 7.22. The zero-order valence-electron chi connectivity index (χ0n) is 20.2. The number of aryl methyl sites for hydroxylation is 1. The van der Waals surface area contributed by atoms with Crippen molar-refractivity contribution in [1.29, 1.82) is 0 Å². The quantitative estimate of drug-likeness (QED) is 0.261. The van der Waals surface area contributed by atoms with Crippen molar-refractivity contribution in [2.75, 3.05) is 0 Å². The summed E-state index contributed by atoms with van der Waals surface area (Å²) < 4.78 is 9.62. The first-order chi connectivity index (χ1) is 16.4. The lowest BCUT2D eigenvalue weighted by atomic mass is 9.84. The maximum absolute atomic E-state index is 7.22. The third kappa shape index (κ3) is 3.02. The molecule has 2 aliphatic rings. The Kier molecular flexibility index (Phi) is 4.80. The molecular weight excluding hydrogens is 433 g/mol. The second-order valence-electron chi connectivity index (χ2n) is 10.3. The van der Waals surface area contributed by atoms with Crippen molar-refractivity contribution in [3.63, 3.8) is 0 Å². The van der Waals surface area contributed by atoms with Crippen LogP contribution in [0.3, 0.4) is 0 Å². The number of benzene rings is 4. The molecule has 0 saturated carbocycles. The fourth-order valence-corrected chi connectivity index (χ4v) is 10.1. The normalized spacial score (nSPS) is 17.8. The summed E-state index contributed by atoms with van der Waals surface area (Å²) in [6.45, 7) is 9.01. The predicted octanol–water partition coefficient (Wildman–Crippen LogP) is 6.04. The average molecular weight is 464 g/mol. The Morgan fingerprint density at radius 2 is 1.35 bits per heavy atom. The lowest BCUT2D eigenvalue weighted by Gasteiger charge is -2.30. The first-order valence-corrected chi connectivity index (χ1v) is 13.8. The maximum Gasteiger partial charge on any atom is 0.419 e. The highest BCUT2D eigenvalue weighted by Gasteiger charge is 2.69. The molecule has 34 heavy (non-hydrogen) atoms. The minimum Gasteiger partial charge on any atom is -0.403 e. The van der Waals surface area contributed by atoms with E-state index in [2.05, 4.69) is 136 Å². The lowest BCUT2D eigenvalue weighted by molar-refractivity contribution is -0.492. The lowest BCUT2D eigenvalue weighted by Crippen LogP contribution is -2.42. The van der Waals surface area contributed by atoms with E-state index in [1.807, 2.05) is 0 Å². The van der Waals surface area contributed by atoms with Crippen molar-refractivity contribution in [2.24, 2.45) is 0 Å². The molecule has 0 N–H and O–H groups in total. The van der Waals surface area contributed by atoms with E-state index in [9.17, 15) is 0 Å². The van der Waals surface area contributed by atoms with Gasteiger partial charge < -0.3 is 4.74 Å². The van der Waals surface area contributed by atoms with E-state index in [1.54, 1.807) is 0 Å². The van der Waals surface area contributed by atoms with Crippen LogP contribution in [0.4, 0.5) is 5.69 Å². The van der Waals surface area contributed by atoms with Gasteiger partial charge in [0.25, 0.3) is 5.69 Å². The average Bonchev–Trinajstić information content (AvgIpc) is 3.13. The van der Waals surface area contributed by atoms with Gasteiger partial charge in [0.15, 0.2) is 11.5 Å². The van der Waals surface area contributed by atoms with Crippen LogP contribution in [0.2, 0.25) is 0 Å². The first kappa shape index (κ1) is 21.3. The number of hydrogen-bond donors (Lipinski definition) is 0. The van der Waals surface area contributed by atoms with Crippen LogP contribution in [0.1, 0.15) is 37.5 Å². The Bertz CT molecular complexity index is 1380. The smallest absolute Gasteiger partial charge is 0.403 e. The number of hydrogen-bond acceptors (Lipinski definition) is 1. The zero-order valence-corrected chi connectivity index (χ0v) is 21.1. The van der Waals surface area contributed by atoms with Crippen molar-refractivity contribution in [2.45, 2.75) is 39.1 Å². The van der Waals surface area contributed by atoms with Gasteiger partial charge in [0.05, 0.1) is 5.56 Å². The van der Waals surface area contributed by atoms with Crippen LogP contribution >= 0.6 is 7.26 Å². The van der Waals surface area contributed by atoms with Gasteiger partial charge in [-0.1, -0.05) is 75.4 Å². The minimum absolute atomic E-state index is 0.0157. The highest BCUT2D eigenvalue weighted by atomic mass is 31.2. The topological polar surface area (TPSA) is 12.2 Å². The Morgan fingerprint density at radius 3 is 1.97 bits per heavy atom. The third-order valence-corrected chi connectivity index (χ3v) is 11.4. The van der Waals surface area contributed by atoms with Crippen molar-refractivity contribution < 1.29 is 9.31 Å². The number of fused-ring (bicyclic) bond motifs is 4. The van der Waals surface area contributed by atoms with Crippen molar-refractivity contribution >= 4 is 35.1 Å². The molecule has 0 radical (unpaired) electrons. The summed E-state index contributed by atoms with van der Waals surface area (Å²) in [7, 11) is -2.14. The third-order valence-electron chi connectivity index (χ3n) is 7.01. The van der Waals surface area contributed by atoms with Crippen LogP contribution in [0.5, 0.6) is 5.75 Å². The number of nitrogens with zero attached hydrogens (tertiary/aromatic N) is 1. The summed E-state index contributed by atoms with van der Waals surface area (Å²) in [6, 6.07) is 35.5. The first-order valence-electron chi connectivity index (χ1n) is 12.0. The van der Waals surface area contributed by atoms with E-state index in [1.165, 1.54) is 32.7 Å². The molecule has 0 amide bonds. The zero-order chi connectivity index (χ0) is 23.5. The molecule has 2 nitrogen and oxygen atoms in total. The monoisotopic (exact) mass is 463 g/mol. The summed E-state index contributed by atoms with van der Waals surface area (Å²) >= 11 is 0. The van der Waals surface area contributed by atoms with Crippen LogP contribution < -0.4 is 20.7 Å². The van der Waals surface area contributed by atoms with Crippen LogP contribution in [0, 0.1) is 6.92 Å². The number of rotatable bonds is 2. The second-order valence-corrected chi connectivity index (χ2v) is 13.7. The Hall–Kier alpha value is -3.22. The molecule has 0 bridgehead atoms.